The van der Waals surface area contributed by atoms with Gasteiger partial charge in [0, 0.05) is 33.8 Å². The molecule has 12 heteroatoms. The van der Waals surface area contributed by atoms with Crippen molar-refractivity contribution in [3.05, 3.63) is 81.1 Å². The molecule has 0 amide bonds. The predicted molar refractivity (Wildman–Crippen MR) is 121 cm³/mol. The van der Waals surface area contributed by atoms with Crippen LogP contribution in [0.15, 0.2) is 53.9 Å². The Labute approximate surface area is 207 Å². The van der Waals surface area contributed by atoms with Crippen molar-refractivity contribution >= 4 is 34.9 Å². The molecule has 0 N–H and O–H groups in total. The number of hydrogen-bond acceptors (Lipinski definition) is 6. The number of carbonyl (C=O) groups is 1. The number of alkyl halides is 3. The SMILES string of the molecule is CCOC(=O)c1cnn(-c2ccc(C3=NOC(c4cc(Cl)cc(Cl)c4)(C(F)(F)F)C3)cc2C#N)c1. The topological polar surface area (TPSA) is 89.5 Å². The van der Waals surface area contributed by atoms with Crippen LogP contribution in [-0.2, 0) is 15.2 Å². The summed E-state index contributed by atoms with van der Waals surface area (Å²) in [6, 6.07) is 9.91. The van der Waals surface area contributed by atoms with E-state index < -0.39 is 24.2 Å². The number of ether oxygens (including phenoxy) is 1. The Morgan fingerprint density at radius 2 is 1.97 bits per heavy atom. The number of rotatable bonds is 5. The molecule has 1 aromatic heterocycles. The molecule has 0 saturated carbocycles. The second-order valence-electron chi connectivity index (χ2n) is 7.53. The summed E-state index contributed by atoms with van der Waals surface area (Å²) >= 11 is 11.9. The fourth-order valence-electron chi connectivity index (χ4n) is 3.62. The first kappa shape index (κ1) is 24.6. The van der Waals surface area contributed by atoms with Crippen molar-refractivity contribution in [2.24, 2.45) is 5.16 Å². The van der Waals surface area contributed by atoms with Gasteiger partial charge in [-0.15, -0.1) is 0 Å². The van der Waals surface area contributed by atoms with Gasteiger partial charge in [0.15, 0.2) is 0 Å². The van der Waals surface area contributed by atoms with Gasteiger partial charge in [-0.3, -0.25) is 0 Å². The summed E-state index contributed by atoms with van der Waals surface area (Å²) in [5, 5.41) is 17.5. The molecule has 2 aromatic carbocycles. The van der Waals surface area contributed by atoms with E-state index in [0.29, 0.717) is 5.69 Å². The summed E-state index contributed by atoms with van der Waals surface area (Å²) in [5.41, 5.74) is -2.26. The average molecular weight is 523 g/mol. The van der Waals surface area contributed by atoms with Gasteiger partial charge in [-0.25, -0.2) is 9.48 Å². The fourth-order valence-corrected chi connectivity index (χ4v) is 4.15. The maximum atomic E-state index is 14.2. The van der Waals surface area contributed by atoms with Crippen LogP contribution >= 0.6 is 23.2 Å². The second kappa shape index (κ2) is 9.24. The number of oxime groups is 1. The summed E-state index contributed by atoms with van der Waals surface area (Å²) in [4.78, 5) is 16.9. The maximum absolute atomic E-state index is 14.2. The smallest absolute Gasteiger partial charge is 0.435 e. The highest BCUT2D eigenvalue weighted by Gasteiger charge is 2.62. The van der Waals surface area contributed by atoms with Crippen LogP contribution < -0.4 is 0 Å². The molecule has 7 nitrogen and oxygen atoms in total. The van der Waals surface area contributed by atoms with Gasteiger partial charge < -0.3 is 9.57 Å². The van der Waals surface area contributed by atoms with Crippen molar-refractivity contribution in [3.63, 3.8) is 0 Å². The molecule has 0 spiro atoms. The molecule has 1 unspecified atom stereocenters. The quantitative estimate of drug-likeness (QED) is 0.394. The Balaban J connectivity index is 1.68. The van der Waals surface area contributed by atoms with E-state index in [1.807, 2.05) is 6.07 Å². The fraction of sp³-hybridized carbons (Fsp3) is 0.217. The van der Waals surface area contributed by atoms with E-state index >= 15 is 0 Å². The molecule has 0 bridgehead atoms. The Morgan fingerprint density at radius 3 is 2.60 bits per heavy atom. The monoisotopic (exact) mass is 522 g/mol. The zero-order chi connectivity index (χ0) is 25.4. The molecule has 0 saturated heterocycles. The van der Waals surface area contributed by atoms with Crippen molar-refractivity contribution in [1.29, 1.82) is 5.26 Å². The number of benzene rings is 2. The molecule has 1 aliphatic rings. The molecule has 4 rings (SSSR count). The zero-order valence-corrected chi connectivity index (χ0v) is 19.4. The number of halogens is 5. The average Bonchev–Trinajstić information content (AvgIpc) is 3.47. The van der Waals surface area contributed by atoms with Gasteiger partial charge >= 0.3 is 12.1 Å². The molecule has 0 fully saturated rings. The van der Waals surface area contributed by atoms with Gasteiger partial charge in [0.2, 0.25) is 0 Å². The third kappa shape index (κ3) is 4.57. The van der Waals surface area contributed by atoms with Crippen molar-refractivity contribution in [2.75, 3.05) is 6.61 Å². The van der Waals surface area contributed by atoms with Gasteiger partial charge in [0.05, 0.1) is 35.3 Å². The molecule has 0 radical (unpaired) electrons. The van der Waals surface area contributed by atoms with E-state index in [9.17, 15) is 23.2 Å². The standard InChI is InChI=1S/C23H15Cl2F3N4O3/c1-2-34-21(33)15-11-30-32(12-15)20-4-3-13(5-14(20)10-29)19-9-22(35-31-19,23(26,27)28)16-6-17(24)8-18(25)7-16/h3-8,11-12H,2,9H2,1H3. The highest BCUT2D eigenvalue weighted by Crippen LogP contribution is 2.49. The lowest BCUT2D eigenvalue weighted by Gasteiger charge is -2.29. The lowest BCUT2D eigenvalue weighted by Crippen LogP contribution is -2.42. The summed E-state index contributed by atoms with van der Waals surface area (Å²) in [5.74, 6) is -0.573. The van der Waals surface area contributed by atoms with E-state index in [1.165, 1.54) is 41.3 Å². The predicted octanol–water partition coefficient (Wildman–Crippen LogP) is 5.81. The van der Waals surface area contributed by atoms with Gasteiger partial charge in [-0.05, 0) is 37.3 Å². The van der Waals surface area contributed by atoms with Crippen LogP contribution in [0.2, 0.25) is 10.0 Å². The van der Waals surface area contributed by atoms with Crippen molar-refractivity contribution in [3.8, 4) is 11.8 Å². The molecule has 3 aromatic rings. The summed E-state index contributed by atoms with van der Waals surface area (Å²) < 4.78 is 48.9. The van der Waals surface area contributed by atoms with E-state index in [0.717, 1.165) is 12.1 Å². The van der Waals surface area contributed by atoms with Gasteiger partial charge in [0.1, 0.15) is 6.07 Å². The number of carbonyl (C=O) groups excluding carboxylic acids is 1. The molecule has 1 aliphatic heterocycles. The minimum atomic E-state index is -4.84. The van der Waals surface area contributed by atoms with Crippen molar-refractivity contribution in [1.82, 2.24) is 9.78 Å². The van der Waals surface area contributed by atoms with E-state index in [1.54, 1.807) is 6.92 Å². The number of esters is 1. The van der Waals surface area contributed by atoms with Crippen molar-refractivity contribution in [2.45, 2.75) is 25.1 Å². The summed E-state index contributed by atoms with van der Waals surface area (Å²) in [6.45, 7) is 1.85. The van der Waals surface area contributed by atoms with Crippen LogP contribution in [0.3, 0.4) is 0 Å². The van der Waals surface area contributed by atoms with Gasteiger partial charge in [0.25, 0.3) is 5.60 Å². The van der Waals surface area contributed by atoms with Crippen LogP contribution in [0.5, 0.6) is 0 Å². The van der Waals surface area contributed by atoms with E-state index in [-0.39, 0.29) is 44.6 Å². The zero-order valence-electron chi connectivity index (χ0n) is 17.9. The molecule has 1 atom stereocenters. The number of hydrogen-bond donors (Lipinski definition) is 0. The third-order valence-corrected chi connectivity index (χ3v) is 5.74. The largest absolute Gasteiger partial charge is 0.462 e. The first-order valence-electron chi connectivity index (χ1n) is 10.1. The highest BCUT2D eigenvalue weighted by molar-refractivity contribution is 6.34. The molecular weight excluding hydrogens is 508 g/mol. The third-order valence-electron chi connectivity index (χ3n) is 5.31. The van der Waals surface area contributed by atoms with Crippen LogP contribution in [0, 0.1) is 11.3 Å². The second-order valence-corrected chi connectivity index (χ2v) is 8.40. The van der Waals surface area contributed by atoms with Gasteiger partial charge in [-0.2, -0.15) is 23.5 Å². The van der Waals surface area contributed by atoms with Crippen LogP contribution in [0.4, 0.5) is 13.2 Å². The number of nitriles is 1. The summed E-state index contributed by atoms with van der Waals surface area (Å²) in [6.07, 6.45) is -2.83. The molecule has 35 heavy (non-hydrogen) atoms. The van der Waals surface area contributed by atoms with Crippen molar-refractivity contribution < 1.29 is 27.5 Å². The Bertz CT molecular complexity index is 1360. The van der Waals surface area contributed by atoms with E-state index in [2.05, 4.69) is 10.3 Å². The van der Waals surface area contributed by atoms with Crippen LogP contribution in [-0.4, -0.2) is 34.2 Å². The van der Waals surface area contributed by atoms with Crippen LogP contribution in [0.25, 0.3) is 5.69 Å². The lowest BCUT2D eigenvalue weighted by molar-refractivity contribution is -0.275. The summed E-state index contributed by atoms with van der Waals surface area (Å²) in [7, 11) is 0. The molecular formula is C23H15Cl2F3N4O3. The molecule has 0 aliphatic carbocycles. The molecule has 2 heterocycles. The first-order chi connectivity index (χ1) is 16.6. The Hall–Kier alpha value is -3.55. The maximum Gasteiger partial charge on any atom is 0.435 e. The normalized spacial score (nSPS) is 17.5. The first-order valence-corrected chi connectivity index (χ1v) is 10.9. The lowest BCUT2D eigenvalue weighted by atomic mass is 9.86. The Morgan fingerprint density at radius 1 is 1.26 bits per heavy atom. The number of aromatic nitrogens is 2. The van der Waals surface area contributed by atoms with Gasteiger partial charge in [-0.1, -0.05) is 34.4 Å². The van der Waals surface area contributed by atoms with E-state index in [4.69, 9.17) is 32.8 Å². The minimum Gasteiger partial charge on any atom is -0.462 e. The highest BCUT2D eigenvalue weighted by atomic mass is 35.5. The Kier molecular flexibility index (Phi) is 6.49. The minimum absolute atomic E-state index is 0.0192. The number of nitrogens with zero attached hydrogens (tertiary/aromatic N) is 4. The molecule has 180 valence electrons. The van der Waals surface area contributed by atoms with Crippen LogP contribution in [0.1, 0.15) is 40.4 Å².